The second kappa shape index (κ2) is 6.22. The van der Waals surface area contributed by atoms with Crippen LogP contribution in [0.1, 0.15) is 18.4 Å². The fourth-order valence-electron chi connectivity index (χ4n) is 3.60. The molecule has 3 aliphatic heterocycles. The molecule has 0 saturated carbocycles. The number of carbonyl (C=O) groups excluding carboxylic acids is 2. The van der Waals surface area contributed by atoms with E-state index in [9.17, 15) is 9.59 Å². The fourth-order valence-corrected chi connectivity index (χ4v) is 3.60. The lowest BCUT2D eigenvalue weighted by atomic mass is 10.0. The summed E-state index contributed by atoms with van der Waals surface area (Å²) in [6.45, 7) is 3.15. The van der Waals surface area contributed by atoms with Crippen LogP contribution < -0.4 is 14.8 Å². The summed E-state index contributed by atoms with van der Waals surface area (Å²) in [5.41, 5.74) is 0.935. The minimum absolute atomic E-state index is 0.0279. The zero-order valence-electron chi connectivity index (χ0n) is 13.5. The van der Waals surface area contributed by atoms with Gasteiger partial charge in [0.05, 0.1) is 6.42 Å². The number of hydrogen-bond acceptors (Lipinski definition) is 4. The molecule has 1 aromatic carbocycles. The van der Waals surface area contributed by atoms with E-state index < -0.39 is 0 Å². The van der Waals surface area contributed by atoms with E-state index in [2.05, 4.69) is 5.32 Å². The third kappa shape index (κ3) is 2.86. The second-order valence-corrected chi connectivity index (χ2v) is 6.40. The van der Waals surface area contributed by atoms with Crippen LogP contribution in [0, 0.1) is 0 Å². The predicted molar refractivity (Wildman–Crippen MR) is 86.0 cm³/mol. The molecule has 2 saturated heterocycles. The Labute approximate surface area is 140 Å². The van der Waals surface area contributed by atoms with Gasteiger partial charge in [0.1, 0.15) is 0 Å². The van der Waals surface area contributed by atoms with Gasteiger partial charge in [0.25, 0.3) is 0 Å². The summed E-state index contributed by atoms with van der Waals surface area (Å²) >= 11 is 0. The average molecular weight is 331 g/mol. The second-order valence-electron chi connectivity index (χ2n) is 6.40. The zero-order valence-corrected chi connectivity index (χ0v) is 13.5. The van der Waals surface area contributed by atoms with Gasteiger partial charge in [0.2, 0.25) is 12.7 Å². The molecule has 1 N–H and O–H groups in total. The number of carbonyl (C=O) groups is 2. The highest BCUT2D eigenvalue weighted by Crippen LogP contribution is 2.32. The lowest BCUT2D eigenvalue weighted by Crippen LogP contribution is -2.48. The Morgan fingerprint density at radius 2 is 1.96 bits per heavy atom. The van der Waals surface area contributed by atoms with Crippen LogP contribution in [0.15, 0.2) is 18.2 Å². The quantitative estimate of drug-likeness (QED) is 0.896. The van der Waals surface area contributed by atoms with Crippen molar-refractivity contribution >= 4 is 11.9 Å². The first-order chi connectivity index (χ1) is 11.7. The molecule has 0 aliphatic carbocycles. The molecule has 24 heavy (non-hydrogen) atoms. The Kier molecular flexibility index (Phi) is 3.92. The maximum absolute atomic E-state index is 12.5. The molecule has 7 heteroatoms. The van der Waals surface area contributed by atoms with Gasteiger partial charge < -0.3 is 24.6 Å². The van der Waals surface area contributed by atoms with Gasteiger partial charge in [-0.15, -0.1) is 0 Å². The van der Waals surface area contributed by atoms with E-state index in [1.54, 1.807) is 0 Å². The van der Waals surface area contributed by atoms with Gasteiger partial charge in [-0.2, -0.15) is 0 Å². The van der Waals surface area contributed by atoms with Crippen LogP contribution in [-0.4, -0.2) is 60.8 Å². The van der Waals surface area contributed by atoms with Crippen molar-refractivity contribution < 1.29 is 19.1 Å². The molecule has 2 fully saturated rings. The molecular weight excluding hydrogens is 310 g/mol. The number of nitrogens with zero attached hydrogens (tertiary/aromatic N) is 2. The van der Waals surface area contributed by atoms with Crippen LogP contribution in [-0.2, 0) is 11.2 Å². The number of hydrogen-bond donors (Lipinski definition) is 1. The maximum atomic E-state index is 12.5. The summed E-state index contributed by atoms with van der Waals surface area (Å²) in [4.78, 5) is 28.1. The predicted octanol–water partition coefficient (Wildman–Crippen LogP) is 0.974. The molecule has 7 nitrogen and oxygen atoms in total. The van der Waals surface area contributed by atoms with Gasteiger partial charge in [0.15, 0.2) is 11.5 Å². The van der Waals surface area contributed by atoms with E-state index in [1.165, 1.54) is 0 Å². The first-order valence-corrected chi connectivity index (χ1v) is 8.41. The van der Waals surface area contributed by atoms with Crippen LogP contribution in [0.4, 0.5) is 4.79 Å². The highest BCUT2D eigenvalue weighted by atomic mass is 16.7. The van der Waals surface area contributed by atoms with Crippen LogP contribution in [0.2, 0.25) is 0 Å². The Bertz CT molecular complexity index is 655. The molecule has 0 unspecified atom stereocenters. The molecule has 0 radical (unpaired) electrons. The normalized spacial score (nSPS) is 20.4. The molecule has 0 bridgehead atoms. The van der Waals surface area contributed by atoms with E-state index in [0.29, 0.717) is 25.3 Å². The highest BCUT2D eigenvalue weighted by molar-refractivity contribution is 5.79. The number of benzene rings is 1. The minimum Gasteiger partial charge on any atom is -0.454 e. The van der Waals surface area contributed by atoms with Crippen molar-refractivity contribution in [3.05, 3.63) is 23.8 Å². The van der Waals surface area contributed by atoms with Gasteiger partial charge in [-0.25, -0.2) is 4.79 Å². The lowest BCUT2D eigenvalue weighted by Gasteiger charge is -2.36. The number of piperidine rings is 1. The van der Waals surface area contributed by atoms with Crippen LogP contribution >= 0.6 is 0 Å². The van der Waals surface area contributed by atoms with E-state index in [-0.39, 0.29) is 24.8 Å². The largest absolute Gasteiger partial charge is 0.454 e. The minimum atomic E-state index is 0.0279. The standard InChI is InChI=1S/C17H21N3O4/c21-16(10-12-1-2-14-15(9-12)24-11-23-14)19-6-3-13(4-7-19)20-8-5-18-17(20)22/h1-2,9,13H,3-8,10-11H2,(H,18,22). The first-order valence-electron chi connectivity index (χ1n) is 8.41. The zero-order chi connectivity index (χ0) is 16.5. The molecule has 128 valence electrons. The topological polar surface area (TPSA) is 71.1 Å². The molecule has 0 spiro atoms. The molecule has 3 heterocycles. The molecule has 3 amide bonds. The SMILES string of the molecule is O=C(Cc1ccc2c(c1)OCO2)N1CCC(N2CCNC2=O)CC1. The number of fused-ring (bicyclic) bond motifs is 1. The first kappa shape index (κ1) is 15.1. The van der Waals surface area contributed by atoms with Crippen molar-refractivity contribution in [3.8, 4) is 11.5 Å². The maximum Gasteiger partial charge on any atom is 0.317 e. The molecule has 0 atom stereocenters. The summed E-state index contributed by atoms with van der Waals surface area (Å²) in [7, 11) is 0. The number of amides is 3. The Balaban J connectivity index is 1.32. The van der Waals surface area contributed by atoms with Crippen molar-refractivity contribution in [1.82, 2.24) is 15.1 Å². The van der Waals surface area contributed by atoms with Gasteiger partial charge in [-0.3, -0.25) is 4.79 Å². The third-order valence-corrected chi connectivity index (χ3v) is 4.94. The van der Waals surface area contributed by atoms with Crippen LogP contribution in [0.5, 0.6) is 11.5 Å². The number of urea groups is 1. The lowest BCUT2D eigenvalue weighted by molar-refractivity contribution is -0.131. The Morgan fingerprint density at radius 1 is 1.17 bits per heavy atom. The van der Waals surface area contributed by atoms with Crippen molar-refractivity contribution in [2.45, 2.75) is 25.3 Å². The summed E-state index contributed by atoms with van der Waals surface area (Å²) in [5, 5.41) is 2.84. The summed E-state index contributed by atoms with van der Waals surface area (Å²) in [5.74, 6) is 1.56. The van der Waals surface area contributed by atoms with E-state index in [0.717, 1.165) is 37.2 Å². The molecule has 0 aromatic heterocycles. The summed E-state index contributed by atoms with van der Waals surface area (Å²) in [6.07, 6.45) is 2.06. The van der Waals surface area contributed by atoms with E-state index in [4.69, 9.17) is 9.47 Å². The number of rotatable bonds is 3. The molecular formula is C17H21N3O4. The van der Waals surface area contributed by atoms with Crippen molar-refractivity contribution in [2.75, 3.05) is 33.0 Å². The molecule has 3 aliphatic rings. The van der Waals surface area contributed by atoms with E-state index >= 15 is 0 Å². The molecule has 1 aromatic rings. The number of likely N-dealkylation sites (tertiary alicyclic amines) is 1. The van der Waals surface area contributed by atoms with Crippen LogP contribution in [0.25, 0.3) is 0 Å². The van der Waals surface area contributed by atoms with E-state index in [1.807, 2.05) is 28.0 Å². The number of ether oxygens (including phenoxy) is 2. The van der Waals surface area contributed by atoms with Gasteiger partial charge in [-0.1, -0.05) is 6.07 Å². The van der Waals surface area contributed by atoms with Gasteiger partial charge in [-0.05, 0) is 30.5 Å². The third-order valence-electron chi connectivity index (χ3n) is 4.94. The molecule has 4 rings (SSSR count). The number of nitrogens with one attached hydrogen (secondary N) is 1. The Morgan fingerprint density at radius 3 is 2.71 bits per heavy atom. The van der Waals surface area contributed by atoms with Crippen molar-refractivity contribution in [3.63, 3.8) is 0 Å². The highest BCUT2D eigenvalue weighted by Gasteiger charge is 2.31. The van der Waals surface area contributed by atoms with Crippen molar-refractivity contribution in [2.24, 2.45) is 0 Å². The van der Waals surface area contributed by atoms with Crippen molar-refractivity contribution in [1.29, 1.82) is 0 Å². The summed E-state index contributed by atoms with van der Waals surface area (Å²) in [6, 6.07) is 5.92. The van der Waals surface area contributed by atoms with Crippen LogP contribution in [0.3, 0.4) is 0 Å². The smallest absolute Gasteiger partial charge is 0.317 e. The fraction of sp³-hybridized carbons (Fsp3) is 0.529. The average Bonchev–Trinajstić information content (AvgIpc) is 3.23. The monoisotopic (exact) mass is 331 g/mol. The van der Waals surface area contributed by atoms with Gasteiger partial charge >= 0.3 is 6.03 Å². The van der Waals surface area contributed by atoms with Gasteiger partial charge in [0, 0.05) is 32.2 Å². The Hall–Kier alpha value is -2.44. The summed E-state index contributed by atoms with van der Waals surface area (Å²) < 4.78 is 10.6.